The Bertz CT molecular complexity index is 1190. The molecule has 3 rings (SSSR count). The summed E-state index contributed by atoms with van der Waals surface area (Å²) in [6.07, 6.45) is 5.75. The molecule has 2 amide bonds. The van der Waals surface area contributed by atoms with E-state index in [1.807, 2.05) is 0 Å². The summed E-state index contributed by atoms with van der Waals surface area (Å²) in [5.74, 6) is -3.41. The van der Waals surface area contributed by atoms with Crippen molar-refractivity contribution in [3.05, 3.63) is 64.7 Å². The maximum atomic E-state index is 13.8. The zero-order valence-electron chi connectivity index (χ0n) is 20.2. The van der Waals surface area contributed by atoms with Gasteiger partial charge in [-0.25, -0.2) is 17.2 Å². The average Bonchev–Trinajstić information content (AvgIpc) is 2.83. The van der Waals surface area contributed by atoms with Crippen LogP contribution in [0.25, 0.3) is 0 Å². The van der Waals surface area contributed by atoms with Crippen molar-refractivity contribution in [1.82, 2.24) is 10.2 Å². The Morgan fingerprint density at radius 2 is 1.69 bits per heavy atom. The molecule has 0 heterocycles. The number of hydrogen-bond acceptors (Lipinski definition) is 4. The number of hydrogen-bond donors (Lipinski definition) is 1. The minimum Gasteiger partial charge on any atom is -0.352 e. The van der Waals surface area contributed by atoms with Crippen LogP contribution in [0.4, 0.5) is 14.5 Å². The first-order valence-corrected chi connectivity index (χ1v) is 14.0. The molecule has 0 aromatic heterocycles. The van der Waals surface area contributed by atoms with Gasteiger partial charge in [0.15, 0.2) is 11.6 Å². The number of nitrogens with zero attached hydrogens (tertiary/aromatic N) is 2. The van der Waals surface area contributed by atoms with Crippen molar-refractivity contribution in [2.45, 2.75) is 57.7 Å². The molecule has 1 unspecified atom stereocenters. The van der Waals surface area contributed by atoms with Gasteiger partial charge in [0.25, 0.3) is 0 Å². The number of carbonyl (C=O) groups excluding carboxylic acids is 2. The summed E-state index contributed by atoms with van der Waals surface area (Å²) in [5.41, 5.74) is 0.485. The highest BCUT2D eigenvalue weighted by atomic mass is 35.5. The van der Waals surface area contributed by atoms with Gasteiger partial charge in [-0.1, -0.05) is 43.0 Å². The quantitative estimate of drug-likeness (QED) is 0.514. The third-order valence-corrected chi connectivity index (χ3v) is 7.65. The summed E-state index contributed by atoms with van der Waals surface area (Å²) in [6.45, 7) is 0.900. The molecule has 1 fully saturated rings. The van der Waals surface area contributed by atoms with E-state index in [-0.39, 0.29) is 24.2 Å². The van der Waals surface area contributed by atoms with Crippen molar-refractivity contribution < 1.29 is 26.8 Å². The number of nitrogens with one attached hydrogen (secondary N) is 1. The van der Waals surface area contributed by atoms with Crippen molar-refractivity contribution in [3.63, 3.8) is 0 Å². The Hall–Kier alpha value is -2.72. The number of amides is 2. The van der Waals surface area contributed by atoms with Gasteiger partial charge in [-0.15, -0.1) is 0 Å². The molecule has 36 heavy (non-hydrogen) atoms. The summed E-state index contributed by atoms with van der Waals surface area (Å²) >= 11 is 5.97. The molecule has 0 saturated heterocycles. The highest BCUT2D eigenvalue weighted by molar-refractivity contribution is 7.92. The molecule has 196 valence electrons. The van der Waals surface area contributed by atoms with Crippen LogP contribution in [-0.2, 0) is 26.2 Å². The molecule has 0 aliphatic heterocycles. The fourth-order valence-electron chi connectivity index (χ4n) is 4.19. The van der Waals surface area contributed by atoms with E-state index in [2.05, 4.69) is 5.32 Å². The molecule has 1 aliphatic carbocycles. The molecular formula is C25H30ClF2N3O4S. The van der Waals surface area contributed by atoms with Crippen molar-refractivity contribution in [3.8, 4) is 0 Å². The molecular weight excluding hydrogens is 512 g/mol. The summed E-state index contributed by atoms with van der Waals surface area (Å²) < 4.78 is 53.0. The van der Waals surface area contributed by atoms with E-state index in [0.717, 1.165) is 50.5 Å². The molecule has 0 spiro atoms. The van der Waals surface area contributed by atoms with Crippen LogP contribution in [0.5, 0.6) is 0 Å². The average molecular weight is 542 g/mol. The van der Waals surface area contributed by atoms with E-state index in [9.17, 15) is 26.8 Å². The second-order valence-corrected chi connectivity index (χ2v) is 11.4. The summed E-state index contributed by atoms with van der Waals surface area (Å²) in [6, 6.07) is 8.40. The van der Waals surface area contributed by atoms with Crippen LogP contribution in [0.1, 0.15) is 44.6 Å². The molecule has 2 aromatic carbocycles. The molecule has 7 nitrogen and oxygen atoms in total. The largest absolute Gasteiger partial charge is 0.352 e. The van der Waals surface area contributed by atoms with Crippen LogP contribution < -0.4 is 9.62 Å². The molecule has 1 atom stereocenters. The Balaban J connectivity index is 1.87. The topological polar surface area (TPSA) is 86.8 Å². The monoisotopic (exact) mass is 541 g/mol. The third kappa shape index (κ3) is 7.39. The molecule has 1 aliphatic rings. The van der Waals surface area contributed by atoms with Crippen LogP contribution in [0.3, 0.4) is 0 Å². The molecule has 1 N–H and O–H groups in total. The minimum atomic E-state index is -4.04. The number of rotatable bonds is 9. The lowest BCUT2D eigenvalue weighted by Crippen LogP contribution is -2.53. The smallest absolute Gasteiger partial charge is 0.244 e. The lowest BCUT2D eigenvalue weighted by atomic mass is 9.95. The lowest BCUT2D eigenvalue weighted by molar-refractivity contribution is -0.139. The number of sulfonamides is 1. The van der Waals surface area contributed by atoms with Crippen molar-refractivity contribution in [2.24, 2.45) is 0 Å². The van der Waals surface area contributed by atoms with Crippen LogP contribution in [0.15, 0.2) is 42.5 Å². The van der Waals surface area contributed by atoms with E-state index >= 15 is 0 Å². The van der Waals surface area contributed by atoms with Gasteiger partial charge in [0, 0.05) is 23.7 Å². The fourth-order valence-corrected chi connectivity index (χ4v) is 5.16. The number of halogens is 3. The lowest BCUT2D eigenvalue weighted by Gasteiger charge is -2.33. The highest BCUT2D eigenvalue weighted by Gasteiger charge is 2.31. The molecule has 2 aromatic rings. The molecule has 0 bridgehead atoms. The van der Waals surface area contributed by atoms with Gasteiger partial charge in [-0.3, -0.25) is 13.9 Å². The first-order valence-electron chi connectivity index (χ1n) is 11.7. The fraction of sp³-hybridized carbons (Fsp3) is 0.440. The zero-order chi connectivity index (χ0) is 26.5. The maximum Gasteiger partial charge on any atom is 0.244 e. The van der Waals surface area contributed by atoms with Gasteiger partial charge in [0.2, 0.25) is 21.8 Å². The summed E-state index contributed by atoms with van der Waals surface area (Å²) in [5, 5.41) is 3.50. The highest BCUT2D eigenvalue weighted by Crippen LogP contribution is 2.22. The Morgan fingerprint density at radius 1 is 1.06 bits per heavy atom. The zero-order valence-corrected chi connectivity index (χ0v) is 21.8. The predicted octanol–water partition coefficient (Wildman–Crippen LogP) is 4.25. The minimum absolute atomic E-state index is 0.0185. The summed E-state index contributed by atoms with van der Waals surface area (Å²) in [4.78, 5) is 27.8. The number of carbonyl (C=O) groups is 2. The van der Waals surface area contributed by atoms with Gasteiger partial charge in [0.1, 0.15) is 12.6 Å². The second-order valence-electron chi connectivity index (χ2n) is 9.04. The van der Waals surface area contributed by atoms with Gasteiger partial charge < -0.3 is 10.2 Å². The van der Waals surface area contributed by atoms with E-state index in [1.54, 1.807) is 31.2 Å². The Kier molecular flexibility index (Phi) is 9.30. The van der Waals surface area contributed by atoms with Crippen molar-refractivity contribution >= 4 is 39.1 Å². The summed E-state index contributed by atoms with van der Waals surface area (Å²) in [7, 11) is -4.04. The van der Waals surface area contributed by atoms with Crippen LogP contribution in [-0.4, -0.2) is 50.0 Å². The standard InChI is InChI=1S/C25H30ClF2N3O4S/c1-17(25(33)29-20-6-4-3-5-7-20)30(15-18-8-10-19(26)11-9-18)24(32)16-31(36(2,34)35)21-12-13-22(27)23(28)14-21/h8-14,17,20H,3-7,15-16H2,1-2H3,(H,29,33). The van der Waals surface area contributed by atoms with E-state index in [4.69, 9.17) is 11.6 Å². The molecule has 0 radical (unpaired) electrons. The molecule has 11 heteroatoms. The Morgan fingerprint density at radius 3 is 2.28 bits per heavy atom. The van der Waals surface area contributed by atoms with Gasteiger partial charge in [-0.05, 0) is 49.6 Å². The normalized spacial score (nSPS) is 15.2. The van der Waals surface area contributed by atoms with Gasteiger partial charge in [-0.2, -0.15) is 0 Å². The second kappa shape index (κ2) is 12.0. The van der Waals surface area contributed by atoms with Crippen molar-refractivity contribution in [1.29, 1.82) is 0 Å². The Labute approximate surface area is 215 Å². The van der Waals surface area contributed by atoms with E-state index < -0.39 is 40.2 Å². The van der Waals surface area contributed by atoms with Crippen molar-refractivity contribution in [2.75, 3.05) is 17.1 Å². The third-order valence-electron chi connectivity index (χ3n) is 6.26. The number of benzene rings is 2. The SMILES string of the molecule is CC(C(=O)NC1CCCCC1)N(Cc1ccc(Cl)cc1)C(=O)CN(c1ccc(F)c(F)c1)S(C)(=O)=O. The first-order chi connectivity index (χ1) is 17.0. The predicted molar refractivity (Wildman–Crippen MR) is 135 cm³/mol. The number of anilines is 1. The maximum absolute atomic E-state index is 13.8. The molecule has 1 saturated carbocycles. The van der Waals surface area contributed by atoms with Gasteiger partial charge in [0.05, 0.1) is 11.9 Å². The van der Waals surface area contributed by atoms with Crippen LogP contribution >= 0.6 is 11.6 Å². The van der Waals surface area contributed by atoms with E-state index in [1.165, 1.54) is 4.90 Å². The first kappa shape index (κ1) is 27.9. The van der Waals surface area contributed by atoms with Gasteiger partial charge >= 0.3 is 0 Å². The van der Waals surface area contributed by atoms with Crippen LogP contribution in [0, 0.1) is 11.6 Å². The van der Waals surface area contributed by atoms with E-state index in [0.29, 0.717) is 21.0 Å². The van der Waals surface area contributed by atoms with Crippen LogP contribution in [0.2, 0.25) is 5.02 Å².